The number of rotatable bonds is 6. The van der Waals surface area contributed by atoms with E-state index in [0.717, 1.165) is 5.56 Å². The molecule has 2 rings (SSSR count). The monoisotopic (exact) mass is 331 g/mol. The minimum Gasteiger partial charge on any atom is -0.508 e. The van der Waals surface area contributed by atoms with Gasteiger partial charge in [-0.2, -0.15) is 0 Å². The molecular weight excluding hydrogens is 309 g/mol. The number of aromatic hydroxyl groups is 1. The van der Waals surface area contributed by atoms with E-state index in [1.165, 1.54) is 12.1 Å². The molecule has 0 aromatic heterocycles. The molecule has 0 amide bonds. The molecule has 6 heteroatoms. The summed E-state index contributed by atoms with van der Waals surface area (Å²) in [5.41, 5.74) is 1.62. The Kier molecular flexibility index (Phi) is 6.42. The fourth-order valence-electron chi connectivity index (χ4n) is 2.11. The highest BCUT2D eigenvalue weighted by Crippen LogP contribution is 2.22. The van der Waals surface area contributed by atoms with Gasteiger partial charge in [0.15, 0.2) is 5.96 Å². The van der Waals surface area contributed by atoms with Crippen molar-refractivity contribution < 1.29 is 14.2 Å². The van der Waals surface area contributed by atoms with Crippen molar-refractivity contribution in [3.63, 3.8) is 0 Å². The maximum absolute atomic E-state index is 12.9. The SMILES string of the molecule is CCNC(=NCc1ccc(F)cc1)NCc1cc(OC)ccc1O. The van der Waals surface area contributed by atoms with E-state index in [4.69, 9.17) is 4.74 Å². The lowest BCUT2D eigenvalue weighted by atomic mass is 10.2. The number of halogens is 1. The minimum atomic E-state index is -0.263. The van der Waals surface area contributed by atoms with Gasteiger partial charge in [-0.3, -0.25) is 0 Å². The Labute approximate surface area is 141 Å². The second-order valence-electron chi connectivity index (χ2n) is 5.17. The smallest absolute Gasteiger partial charge is 0.191 e. The zero-order valence-electron chi connectivity index (χ0n) is 13.8. The molecule has 0 atom stereocenters. The Hall–Kier alpha value is -2.76. The number of guanidine groups is 1. The van der Waals surface area contributed by atoms with Crippen LogP contribution in [0.15, 0.2) is 47.5 Å². The molecule has 0 heterocycles. The Balaban J connectivity index is 2.02. The van der Waals surface area contributed by atoms with Crippen LogP contribution >= 0.6 is 0 Å². The summed E-state index contributed by atoms with van der Waals surface area (Å²) in [4.78, 5) is 4.46. The third-order valence-corrected chi connectivity index (χ3v) is 3.41. The van der Waals surface area contributed by atoms with E-state index in [0.29, 0.717) is 36.9 Å². The van der Waals surface area contributed by atoms with Crippen LogP contribution in [-0.4, -0.2) is 24.7 Å². The lowest BCUT2D eigenvalue weighted by molar-refractivity contribution is 0.410. The van der Waals surface area contributed by atoms with Gasteiger partial charge in [0.1, 0.15) is 17.3 Å². The van der Waals surface area contributed by atoms with Crippen molar-refractivity contribution in [2.24, 2.45) is 4.99 Å². The number of nitrogens with zero attached hydrogens (tertiary/aromatic N) is 1. The molecule has 0 saturated heterocycles. The average Bonchev–Trinajstić information content (AvgIpc) is 2.60. The van der Waals surface area contributed by atoms with Crippen LogP contribution in [0.25, 0.3) is 0 Å². The summed E-state index contributed by atoms with van der Waals surface area (Å²) in [6, 6.07) is 11.3. The average molecular weight is 331 g/mol. The predicted octanol–water partition coefficient (Wildman–Crippen LogP) is 2.80. The standard InChI is InChI=1S/C18H22FN3O2/c1-3-20-18(21-11-13-4-6-15(19)7-5-13)22-12-14-10-16(24-2)8-9-17(14)23/h4-10,23H,3,11-12H2,1-2H3,(H2,20,21,22). The second-order valence-corrected chi connectivity index (χ2v) is 5.17. The number of aliphatic imine (C=N–C) groups is 1. The normalized spacial score (nSPS) is 11.2. The summed E-state index contributed by atoms with van der Waals surface area (Å²) in [5.74, 6) is 1.22. The first-order valence-electron chi connectivity index (χ1n) is 7.75. The number of ether oxygens (including phenoxy) is 1. The van der Waals surface area contributed by atoms with Crippen LogP contribution in [0.2, 0.25) is 0 Å². The highest BCUT2D eigenvalue weighted by atomic mass is 19.1. The van der Waals surface area contributed by atoms with E-state index < -0.39 is 0 Å². The van der Waals surface area contributed by atoms with E-state index in [2.05, 4.69) is 15.6 Å². The third-order valence-electron chi connectivity index (χ3n) is 3.41. The highest BCUT2D eigenvalue weighted by Gasteiger charge is 2.05. The van der Waals surface area contributed by atoms with Crippen LogP contribution < -0.4 is 15.4 Å². The van der Waals surface area contributed by atoms with Crippen molar-refractivity contribution in [3.8, 4) is 11.5 Å². The van der Waals surface area contributed by atoms with Gasteiger partial charge in [0, 0.05) is 18.7 Å². The Morgan fingerprint density at radius 2 is 1.92 bits per heavy atom. The Bertz CT molecular complexity index is 687. The topological polar surface area (TPSA) is 65.9 Å². The molecule has 0 aliphatic heterocycles. The molecular formula is C18H22FN3O2. The lowest BCUT2D eigenvalue weighted by Gasteiger charge is -2.13. The fourth-order valence-corrected chi connectivity index (χ4v) is 2.11. The molecule has 3 N–H and O–H groups in total. The van der Waals surface area contributed by atoms with E-state index in [9.17, 15) is 9.50 Å². The Morgan fingerprint density at radius 1 is 1.17 bits per heavy atom. The fraction of sp³-hybridized carbons (Fsp3) is 0.278. The van der Waals surface area contributed by atoms with Crippen molar-refractivity contribution in [1.82, 2.24) is 10.6 Å². The molecule has 0 spiro atoms. The number of methoxy groups -OCH3 is 1. The van der Waals surface area contributed by atoms with E-state index in [1.54, 1.807) is 37.4 Å². The van der Waals surface area contributed by atoms with Gasteiger partial charge in [-0.1, -0.05) is 12.1 Å². The number of phenolic OH excluding ortho intramolecular Hbond substituents is 1. The maximum atomic E-state index is 12.9. The molecule has 2 aromatic carbocycles. The van der Waals surface area contributed by atoms with Gasteiger partial charge in [-0.25, -0.2) is 9.38 Å². The van der Waals surface area contributed by atoms with E-state index >= 15 is 0 Å². The molecule has 24 heavy (non-hydrogen) atoms. The summed E-state index contributed by atoms with van der Waals surface area (Å²) in [5, 5.41) is 16.2. The van der Waals surface area contributed by atoms with Crippen LogP contribution in [0.4, 0.5) is 4.39 Å². The first kappa shape index (κ1) is 17.6. The molecule has 0 unspecified atom stereocenters. The molecule has 5 nitrogen and oxygen atoms in total. The lowest BCUT2D eigenvalue weighted by Crippen LogP contribution is -2.36. The zero-order valence-corrected chi connectivity index (χ0v) is 13.8. The van der Waals surface area contributed by atoms with Crippen LogP contribution in [0.1, 0.15) is 18.1 Å². The van der Waals surface area contributed by atoms with Crippen LogP contribution in [0, 0.1) is 5.82 Å². The van der Waals surface area contributed by atoms with Crippen LogP contribution in [-0.2, 0) is 13.1 Å². The molecule has 128 valence electrons. The molecule has 0 fully saturated rings. The molecule has 0 radical (unpaired) electrons. The van der Waals surface area contributed by atoms with Crippen molar-refractivity contribution in [1.29, 1.82) is 0 Å². The minimum absolute atomic E-state index is 0.192. The first-order chi connectivity index (χ1) is 11.6. The number of phenols is 1. The maximum Gasteiger partial charge on any atom is 0.191 e. The number of benzene rings is 2. The number of hydrogen-bond acceptors (Lipinski definition) is 3. The zero-order chi connectivity index (χ0) is 17.4. The van der Waals surface area contributed by atoms with Crippen LogP contribution in [0.5, 0.6) is 11.5 Å². The van der Waals surface area contributed by atoms with Crippen molar-refractivity contribution >= 4 is 5.96 Å². The van der Waals surface area contributed by atoms with Crippen molar-refractivity contribution in [3.05, 3.63) is 59.4 Å². The van der Waals surface area contributed by atoms with Gasteiger partial charge in [0.25, 0.3) is 0 Å². The molecule has 0 saturated carbocycles. The van der Waals surface area contributed by atoms with Gasteiger partial charge < -0.3 is 20.5 Å². The van der Waals surface area contributed by atoms with Crippen LogP contribution in [0.3, 0.4) is 0 Å². The summed E-state index contributed by atoms with van der Waals surface area (Å²) in [7, 11) is 1.58. The Morgan fingerprint density at radius 3 is 2.58 bits per heavy atom. The predicted molar refractivity (Wildman–Crippen MR) is 92.7 cm³/mol. The third kappa shape index (κ3) is 5.15. The summed E-state index contributed by atoms with van der Waals surface area (Å²) in [6.45, 7) is 3.51. The molecule has 0 aliphatic carbocycles. The second kappa shape index (κ2) is 8.76. The van der Waals surface area contributed by atoms with Gasteiger partial charge in [0.2, 0.25) is 0 Å². The van der Waals surface area contributed by atoms with Gasteiger partial charge in [-0.05, 0) is 42.8 Å². The molecule has 0 bridgehead atoms. The summed E-state index contributed by atoms with van der Waals surface area (Å²) >= 11 is 0. The largest absolute Gasteiger partial charge is 0.508 e. The van der Waals surface area contributed by atoms with E-state index in [-0.39, 0.29) is 11.6 Å². The molecule has 2 aromatic rings. The number of hydrogen-bond donors (Lipinski definition) is 3. The van der Waals surface area contributed by atoms with Gasteiger partial charge in [-0.15, -0.1) is 0 Å². The molecule has 0 aliphatic rings. The quantitative estimate of drug-likeness (QED) is 0.562. The number of nitrogens with one attached hydrogen (secondary N) is 2. The summed E-state index contributed by atoms with van der Waals surface area (Å²) < 4.78 is 18.1. The summed E-state index contributed by atoms with van der Waals surface area (Å²) in [6.07, 6.45) is 0. The van der Waals surface area contributed by atoms with Crippen molar-refractivity contribution in [2.75, 3.05) is 13.7 Å². The first-order valence-corrected chi connectivity index (χ1v) is 7.75. The van der Waals surface area contributed by atoms with E-state index in [1.807, 2.05) is 6.92 Å². The van der Waals surface area contributed by atoms with Gasteiger partial charge in [0.05, 0.1) is 13.7 Å². The highest BCUT2D eigenvalue weighted by molar-refractivity contribution is 5.79. The van der Waals surface area contributed by atoms with Gasteiger partial charge >= 0.3 is 0 Å². The van der Waals surface area contributed by atoms with Crippen molar-refractivity contribution in [2.45, 2.75) is 20.0 Å².